The predicted molar refractivity (Wildman–Crippen MR) is 80.3 cm³/mol. The topological polar surface area (TPSA) is 50.9 Å². The molecule has 20 heavy (non-hydrogen) atoms. The number of hydrogen-bond acceptors (Lipinski definition) is 3. The molecule has 0 radical (unpaired) electrons. The van der Waals surface area contributed by atoms with Gasteiger partial charge in [0.15, 0.2) is 0 Å². The van der Waals surface area contributed by atoms with Crippen LogP contribution in [0.3, 0.4) is 0 Å². The average Bonchev–Trinajstić information content (AvgIpc) is 2.41. The Balaban J connectivity index is 2.53. The maximum absolute atomic E-state index is 13.3. The standard InChI is InChI=1S/C15H17ClFN3/c1-3-19-14(10-4-5-12(17)11(16)8-10)13-9(2)6-7-20-15(13)18/h4-8,14,19H,3H2,1-2H3,(H2,18,20). The molecule has 0 bridgehead atoms. The summed E-state index contributed by atoms with van der Waals surface area (Å²) in [7, 11) is 0. The lowest BCUT2D eigenvalue weighted by Gasteiger charge is -2.22. The van der Waals surface area contributed by atoms with Gasteiger partial charge < -0.3 is 11.1 Å². The Hall–Kier alpha value is -1.65. The lowest BCUT2D eigenvalue weighted by Crippen LogP contribution is -2.24. The largest absolute Gasteiger partial charge is 0.383 e. The first-order chi connectivity index (χ1) is 9.54. The Morgan fingerprint density at radius 1 is 1.40 bits per heavy atom. The summed E-state index contributed by atoms with van der Waals surface area (Å²) >= 11 is 5.88. The number of nitrogen functional groups attached to an aromatic ring is 1. The monoisotopic (exact) mass is 293 g/mol. The van der Waals surface area contributed by atoms with Crippen molar-refractivity contribution in [3.8, 4) is 0 Å². The van der Waals surface area contributed by atoms with Gasteiger partial charge in [0.25, 0.3) is 0 Å². The smallest absolute Gasteiger partial charge is 0.141 e. The van der Waals surface area contributed by atoms with Gasteiger partial charge in [-0.15, -0.1) is 0 Å². The second-order valence-corrected chi connectivity index (χ2v) is 5.00. The highest BCUT2D eigenvalue weighted by atomic mass is 35.5. The molecule has 2 aromatic rings. The van der Waals surface area contributed by atoms with E-state index in [1.165, 1.54) is 6.07 Å². The van der Waals surface area contributed by atoms with Crippen molar-refractivity contribution in [3.63, 3.8) is 0 Å². The van der Waals surface area contributed by atoms with Gasteiger partial charge in [0.05, 0.1) is 11.1 Å². The zero-order valence-corrected chi connectivity index (χ0v) is 12.2. The number of halogens is 2. The molecule has 0 aliphatic rings. The molecule has 0 aliphatic carbocycles. The number of pyridine rings is 1. The van der Waals surface area contributed by atoms with Crippen molar-refractivity contribution < 1.29 is 4.39 Å². The summed E-state index contributed by atoms with van der Waals surface area (Å²) in [5.41, 5.74) is 8.79. The SMILES string of the molecule is CCNC(c1ccc(F)c(Cl)c1)c1c(C)ccnc1N. The Bertz CT molecular complexity index is 596. The van der Waals surface area contributed by atoms with Crippen LogP contribution in [-0.2, 0) is 0 Å². The highest BCUT2D eigenvalue weighted by Gasteiger charge is 2.19. The quantitative estimate of drug-likeness (QED) is 0.907. The van der Waals surface area contributed by atoms with Gasteiger partial charge in [0.1, 0.15) is 11.6 Å². The number of nitrogens with zero attached hydrogens (tertiary/aromatic N) is 1. The van der Waals surface area contributed by atoms with E-state index in [1.807, 2.05) is 19.9 Å². The van der Waals surface area contributed by atoms with Crippen molar-refractivity contribution in [2.45, 2.75) is 19.9 Å². The molecule has 1 aromatic carbocycles. The number of hydrogen-bond donors (Lipinski definition) is 2. The number of anilines is 1. The van der Waals surface area contributed by atoms with E-state index in [0.717, 1.165) is 23.2 Å². The van der Waals surface area contributed by atoms with Gasteiger partial charge in [-0.1, -0.05) is 24.6 Å². The first-order valence-corrected chi connectivity index (χ1v) is 6.81. The zero-order chi connectivity index (χ0) is 14.7. The van der Waals surface area contributed by atoms with E-state index in [-0.39, 0.29) is 11.1 Å². The summed E-state index contributed by atoms with van der Waals surface area (Å²) in [4.78, 5) is 4.14. The minimum atomic E-state index is -0.429. The van der Waals surface area contributed by atoms with E-state index >= 15 is 0 Å². The van der Waals surface area contributed by atoms with Crippen LogP contribution in [0.5, 0.6) is 0 Å². The van der Waals surface area contributed by atoms with Crippen LogP contribution >= 0.6 is 11.6 Å². The number of nitrogens with one attached hydrogen (secondary N) is 1. The van der Waals surface area contributed by atoms with Crippen LogP contribution in [0.1, 0.15) is 29.7 Å². The fraction of sp³-hybridized carbons (Fsp3) is 0.267. The molecule has 2 rings (SSSR count). The Morgan fingerprint density at radius 2 is 2.15 bits per heavy atom. The minimum absolute atomic E-state index is 0.102. The van der Waals surface area contributed by atoms with Gasteiger partial charge in [-0.25, -0.2) is 9.37 Å². The van der Waals surface area contributed by atoms with Crippen LogP contribution in [0.15, 0.2) is 30.5 Å². The molecule has 1 heterocycles. The molecular formula is C15H17ClFN3. The molecule has 1 atom stereocenters. The second kappa shape index (κ2) is 6.20. The van der Waals surface area contributed by atoms with E-state index in [4.69, 9.17) is 17.3 Å². The van der Waals surface area contributed by atoms with Gasteiger partial charge in [0, 0.05) is 11.8 Å². The number of aryl methyl sites for hydroxylation is 1. The molecule has 3 nitrogen and oxygen atoms in total. The predicted octanol–water partition coefficient (Wildman–Crippen LogP) is 3.46. The van der Waals surface area contributed by atoms with Crippen molar-refractivity contribution in [3.05, 3.63) is 58.0 Å². The summed E-state index contributed by atoms with van der Waals surface area (Å²) in [6.07, 6.45) is 1.68. The van der Waals surface area contributed by atoms with E-state index in [9.17, 15) is 4.39 Å². The van der Waals surface area contributed by atoms with Crippen molar-refractivity contribution in [2.24, 2.45) is 0 Å². The van der Waals surface area contributed by atoms with Crippen LogP contribution in [0.4, 0.5) is 10.2 Å². The van der Waals surface area contributed by atoms with Crippen molar-refractivity contribution in [1.82, 2.24) is 10.3 Å². The Morgan fingerprint density at radius 3 is 2.75 bits per heavy atom. The fourth-order valence-electron chi connectivity index (χ4n) is 2.25. The number of benzene rings is 1. The highest BCUT2D eigenvalue weighted by molar-refractivity contribution is 6.30. The van der Waals surface area contributed by atoms with Gasteiger partial charge in [-0.05, 0) is 42.8 Å². The van der Waals surface area contributed by atoms with Crippen molar-refractivity contribution >= 4 is 17.4 Å². The Labute approximate surface area is 123 Å². The normalized spacial score (nSPS) is 12.4. The Kier molecular flexibility index (Phi) is 4.57. The van der Waals surface area contributed by atoms with E-state index < -0.39 is 5.82 Å². The van der Waals surface area contributed by atoms with E-state index in [2.05, 4.69) is 10.3 Å². The van der Waals surface area contributed by atoms with Crippen molar-refractivity contribution in [2.75, 3.05) is 12.3 Å². The first-order valence-electron chi connectivity index (χ1n) is 6.44. The molecule has 3 N–H and O–H groups in total. The van der Waals surface area contributed by atoms with Gasteiger partial charge in [-0.3, -0.25) is 0 Å². The third kappa shape index (κ3) is 2.92. The zero-order valence-electron chi connectivity index (χ0n) is 11.5. The average molecular weight is 294 g/mol. The summed E-state index contributed by atoms with van der Waals surface area (Å²) in [5, 5.41) is 3.44. The van der Waals surface area contributed by atoms with Crippen LogP contribution in [0.25, 0.3) is 0 Å². The van der Waals surface area contributed by atoms with E-state index in [1.54, 1.807) is 18.3 Å². The molecule has 0 spiro atoms. The van der Waals surface area contributed by atoms with Crippen LogP contribution in [-0.4, -0.2) is 11.5 Å². The van der Waals surface area contributed by atoms with E-state index in [0.29, 0.717) is 5.82 Å². The highest BCUT2D eigenvalue weighted by Crippen LogP contribution is 2.30. The van der Waals surface area contributed by atoms with Crippen LogP contribution in [0.2, 0.25) is 5.02 Å². The third-order valence-corrected chi connectivity index (χ3v) is 3.50. The third-order valence-electron chi connectivity index (χ3n) is 3.21. The summed E-state index contributed by atoms with van der Waals surface area (Å²) in [5.74, 6) is 0.0398. The van der Waals surface area contributed by atoms with Gasteiger partial charge in [0.2, 0.25) is 0 Å². The molecule has 0 saturated heterocycles. The second-order valence-electron chi connectivity index (χ2n) is 4.59. The molecule has 0 saturated carbocycles. The summed E-state index contributed by atoms with van der Waals surface area (Å²) in [6.45, 7) is 4.72. The van der Waals surface area contributed by atoms with Crippen LogP contribution < -0.4 is 11.1 Å². The van der Waals surface area contributed by atoms with Gasteiger partial charge >= 0.3 is 0 Å². The summed E-state index contributed by atoms with van der Waals surface area (Å²) < 4.78 is 13.3. The molecule has 0 aliphatic heterocycles. The molecule has 106 valence electrons. The molecule has 0 fully saturated rings. The lowest BCUT2D eigenvalue weighted by molar-refractivity contribution is 0.612. The number of nitrogens with two attached hydrogens (primary N) is 1. The maximum atomic E-state index is 13.3. The molecular weight excluding hydrogens is 277 g/mol. The van der Waals surface area contributed by atoms with Gasteiger partial charge in [-0.2, -0.15) is 0 Å². The fourth-order valence-corrected chi connectivity index (χ4v) is 2.44. The molecule has 5 heteroatoms. The summed E-state index contributed by atoms with van der Waals surface area (Å²) in [6, 6.07) is 6.44. The maximum Gasteiger partial charge on any atom is 0.141 e. The number of aromatic nitrogens is 1. The molecule has 0 amide bonds. The number of rotatable bonds is 4. The van der Waals surface area contributed by atoms with Crippen LogP contribution in [0, 0.1) is 12.7 Å². The minimum Gasteiger partial charge on any atom is -0.383 e. The molecule has 1 unspecified atom stereocenters. The molecule has 1 aromatic heterocycles. The lowest BCUT2D eigenvalue weighted by atomic mass is 9.95. The first kappa shape index (κ1) is 14.8. The van der Waals surface area contributed by atoms with Crippen molar-refractivity contribution in [1.29, 1.82) is 0 Å².